The monoisotopic (exact) mass is 247 g/mol. The van der Waals surface area contributed by atoms with E-state index in [-0.39, 0.29) is 11.3 Å². The quantitative estimate of drug-likeness (QED) is 0.654. The summed E-state index contributed by atoms with van der Waals surface area (Å²) < 4.78 is 26.1. The number of halogens is 2. The SMILES string of the molecule is Cc1ccccc1C(=O)c1cc(F)c(F)cc1N. The van der Waals surface area contributed by atoms with E-state index in [1.54, 1.807) is 31.2 Å². The fourth-order valence-corrected chi connectivity index (χ4v) is 1.73. The summed E-state index contributed by atoms with van der Waals surface area (Å²) >= 11 is 0. The summed E-state index contributed by atoms with van der Waals surface area (Å²) in [6.07, 6.45) is 0. The molecule has 0 bridgehead atoms. The minimum atomic E-state index is -1.08. The highest BCUT2D eigenvalue weighted by atomic mass is 19.2. The molecule has 0 radical (unpaired) electrons. The normalized spacial score (nSPS) is 10.4. The van der Waals surface area contributed by atoms with Gasteiger partial charge in [0.15, 0.2) is 17.4 Å². The number of hydrogen-bond donors (Lipinski definition) is 1. The van der Waals surface area contributed by atoms with Crippen LogP contribution in [0.4, 0.5) is 14.5 Å². The average Bonchev–Trinajstić information content (AvgIpc) is 2.33. The second-order valence-electron chi connectivity index (χ2n) is 4.00. The number of rotatable bonds is 2. The first kappa shape index (κ1) is 12.2. The molecule has 0 aromatic heterocycles. The van der Waals surface area contributed by atoms with Crippen LogP contribution in [-0.2, 0) is 0 Å². The lowest BCUT2D eigenvalue weighted by Crippen LogP contribution is -2.08. The van der Waals surface area contributed by atoms with E-state index in [1.165, 1.54) is 0 Å². The van der Waals surface area contributed by atoms with Crippen molar-refractivity contribution in [3.05, 3.63) is 64.7 Å². The number of benzene rings is 2. The van der Waals surface area contributed by atoms with Crippen LogP contribution in [0.2, 0.25) is 0 Å². The summed E-state index contributed by atoms with van der Waals surface area (Å²) in [5.74, 6) is -2.56. The highest BCUT2D eigenvalue weighted by Gasteiger charge is 2.17. The van der Waals surface area contributed by atoms with Crippen molar-refractivity contribution in [1.29, 1.82) is 0 Å². The van der Waals surface area contributed by atoms with Gasteiger partial charge in [0.1, 0.15) is 0 Å². The maximum absolute atomic E-state index is 13.2. The Morgan fingerprint density at radius 1 is 1.06 bits per heavy atom. The van der Waals surface area contributed by atoms with Gasteiger partial charge in [0.05, 0.1) is 0 Å². The third-order valence-electron chi connectivity index (χ3n) is 2.73. The average molecular weight is 247 g/mol. The molecule has 0 amide bonds. The maximum atomic E-state index is 13.2. The third-order valence-corrected chi connectivity index (χ3v) is 2.73. The molecule has 0 atom stereocenters. The molecular weight excluding hydrogens is 236 g/mol. The van der Waals surface area contributed by atoms with E-state index in [1.807, 2.05) is 0 Å². The molecule has 0 fully saturated rings. The summed E-state index contributed by atoms with van der Waals surface area (Å²) in [5, 5.41) is 0. The van der Waals surface area contributed by atoms with Gasteiger partial charge in [-0.15, -0.1) is 0 Å². The number of aryl methyl sites for hydroxylation is 1. The van der Waals surface area contributed by atoms with Gasteiger partial charge in [0.25, 0.3) is 0 Å². The lowest BCUT2D eigenvalue weighted by molar-refractivity contribution is 0.103. The summed E-state index contributed by atoms with van der Waals surface area (Å²) in [6, 6.07) is 8.54. The zero-order valence-electron chi connectivity index (χ0n) is 9.71. The molecule has 4 heteroatoms. The van der Waals surface area contributed by atoms with Gasteiger partial charge in [-0.05, 0) is 18.6 Å². The predicted octanol–water partition coefficient (Wildman–Crippen LogP) is 3.09. The Labute approximate surface area is 103 Å². The molecule has 0 saturated heterocycles. The maximum Gasteiger partial charge on any atom is 0.195 e. The van der Waals surface area contributed by atoms with E-state index < -0.39 is 17.4 Å². The van der Waals surface area contributed by atoms with Crippen LogP contribution in [0.15, 0.2) is 36.4 Å². The van der Waals surface area contributed by atoms with Crippen molar-refractivity contribution in [3.8, 4) is 0 Å². The van der Waals surface area contributed by atoms with Gasteiger partial charge in [-0.1, -0.05) is 24.3 Å². The fraction of sp³-hybridized carbons (Fsp3) is 0.0714. The molecule has 18 heavy (non-hydrogen) atoms. The second kappa shape index (κ2) is 4.56. The van der Waals surface area contributed by atoms with Crippen LogP contribution < -0.4 is 5.73 Å². The summed E-state index contributed by atoms with van der Waals surface area (Å²) in [5.41, 5.74) is 6.64. The van der Waals surface area contributed by atoms with Crippen molar-refractivity contribution in [2.45, 2.75) is 6.92 Å². The molecule has 0 aliphatic rings. The molecule has 0 spiro atoms. The van der Waals surface area contributed by atoms with Crippen molar-refractivity contribution in [3.63, 3.8) is 0 Å². The van der Waals surface area contributed by atoms with Crippen molar-refractivity contribution in [1.82, 2.24) is 0 Å². The Morgan fingerprint density at radius 3 is 2.33 bits per heavy atom. The van der Waals surface area contributed by atoms with E-state index in [2.05, 4.69) is 0 Å². The van der Waals surface area contributed by atoms with Crippen LogP contribution in [0, 0.1) is 18.6 Å². The first-order valence-corrected chi connectivity index (χ1v) is 5.35. The Hall–Kier alpha value is -2.23. The van der Waals surface area contributed by atoms with Gasteiger partial charge in [-0.25, -0.2) is 8.78 Å². The van der Waals surface area contributed by atoms with Gasteiger partial charge in [0.2, 0.25) is 0 Å². The summed E-state index contributed by atoms with van der Waals surface area (Å²) in [7, 11) is 0. The van der Waals surface area contributed by atoms with Crippen LogP contribution in [0.1, 0.15) is 21.5 Å². The second-order valence-corrected chi connectivity index (χ2v) is 4.00. The lowest BCUT2D eigenvalue weighted by atomic mass is 9.98. The van der Waals surface area contributed by atoms with Crippen LogP contribution >= 0.6 is 0 Å². The minimum absolute atomic E-state index is 0.0248. The summed E-state index contributed by atoms with van der Waals surface area (Å²) in [6.45, 7) is 1.77. The Morgan fingerprint density at radius 2 is 1.67 bits per heavy atom. The number of carbonyl (C=O) groups excluding carboxylic acids is 1. The van der Waals surface area contributed by atoms with Crippen LogP contribution in [0.25, 0.3) is 0 Å². The third kappa shape index (κ3) is 2.09. The molecule has 2 aromatic rings. The van der Waals surface area contributed by atoms with E-state index in [9.17, 15) is 13.6 Å². The van der Waals surface area contributed by atoms with Gasteiger partial charge in [-0.2, -0.15) is 0 Å². The molecule has 2 N–H and O–H groups in total. The number of anilines is 1. The molecule has 0 heterocycles. The molecule has 0 saturated carbocycles. The fourth-order valence-electron chi connectivity index (χ4n) is 1.73. The van der Waals surface area contributed by atoms with Crippen molar-refractivity contribution >= 4 is 11.5 Å². The molecule has 0 aliphatic carbocycles. The number of nitrogen functional groups attached to an aromatic ring is 1. The molecule has 2 aromatic carbocycles. The molecule has 92 valence electrons. The molecule has 0 aliphatic heterocycles. The van der Waals surface area contributed by atoms with Crippen molar-refractivity contribution in [2.75, 3.05) is 5.73 Å². The zero-order valence-corrected chi connectivity index (χ0v) is 9.71. The van der Waals surface area contributed by atoms with Crippen molar-refractivity contribution in [2.24, 2.45) is 0 Å². The van der Waals surface area contributed by atoms with Crippen LogP contribution in [0.5, 0.6) is 0 Å². The van der Waals surface area contributed by atoms with Gasteiger partial charge < -0.3 is 5.73 Å². The Bertz CT molecular complexity index is 623. The van der Waals surface area contributed by atoms with Gasteiger partial charge >= 0.3 is 0 Å². The van der Waals surface area contributed by atoms with Crippen LogP contribution in [-0.4, -0.2) is 5.78 Å². The highest BCUT2D eigenvalue weighted by molar-refractivity contribution is 6.12. The molecule has 2 nitrogen and oxygen atoms in total. The molecule has 0 unspecified atom stereocenters. The number of ketones is 1. The van der Waals surface area contributed by atoms with Gasteiger partial charge in [-0.3, -0.25) is 4.79 Å². The van der Waals surface area contributed by atoms with E-state index in [0.717, 1.165) is 17.7 Å². The first-order valence-electron chi connectivity index (χ1n) is 5.35. The largest absolute Gasteiger partial charge is 0.398 e. The van der Waals surface area contributed by atoms with E-state index in [4.69, 9.17) is 5.73 Å². The Kier molecular flexibility index (Phi) is 3.10. The number of nitrogens with two attached hydrogens (primary N) is 1. The summed E-state index contributed by atoms with van der Waals surface area (Å²) in [4.78, 5) is 12.2. The molecule has 2 rings (SSSR count). The lowest BCUT2D eigenvalue weighted by Gasteiger charge is -2.08. The zero-order chi connectivity index (χ0) is 13.3. The first-order chi connectivity index (χ1) is 8.50. The smallest absolute Gasteiger partial charge is 0.195 e. The number of hydrogen-bond acceptors (Lipinski definition) is 2. The predicted molar refractivity (Wildman–Crippen MR) is 65.4 cm³/mol. The van der Waals surface area contributed by atoms with Gasteiger partial charge in [0, 0.05) is 22.9 Å². The topological polar surface area (TPSA) is 43.1 Å². The molecular formula is C14H11F2NO. The minimum Gasteiger partial charge on any atom is -0.398 e. The standard InChI is InChI=1S/C14H11F2NO/c1-8-4-2-3-5-9(8)14(18)10-6-11(15)12(16)7-13(10)17/h2-7H,17H2,1H3. The number of carbonyl (C=O) groups is 1. The Balaban J connectivity index is 2.53. The van der Waals surface area contributed by atoms with Crippen molar-refractivity contribution < 1.29 is 13.6 Å². The van der Waals surface area contributed by atoms with E-state index >= 15 is 0 Å². The highest BCUT2D eigenvalue weighted by Crippen LogP contribution is 2.21. The van der Waals surface area contributed by atoms with E-state index in [0.29, 0.717) is 5.56 Å². The van der Waals surface area contributed by atoms with Crippen LogP contribution in [0.3, 0.4) is 0 Å².